The van der Waals surface area contributed by atoms with Crippen LogP contribution in [0.3, 0.4) is 0 Å². The summed E-state index contributed by atoms with van der Waals surface area (Å²) < 4.78 is 0. The van der Waals surface area contributed by atoms with E-state index in [1.807, 2.05) is 0 Å². The molecule has 1 aliphatic heterocycles. The number of aryl methyl sites for hydroxylation is 4. The van der Waals surface area contributed by atoms with Gasteiger partial charge in [-0.3, -0.25) is 0 Å². The molecule has 0 spiro atoms. The Morgan fingerprint density at radius 2 is 1.88 bits per heavy atom. The van der Waals surface area contributed by atoms with E-state index in [4.69, 9.17) is 9.97 Å². The first kappa shape index (κ1) is 17.0. The number of fused-ring (bicyclic) bond motifs is 1. The summed E-state index contributed by atoms with van der Waals surface area (Å²) in [5.41, 5.74) is 7.19. The van der Waals surface area contributed by atoms with E-state index >= 15 is 0 Å². The van der Waals surface area contributed by atoms with Crippen LogP contribution in [-0.2, 0) is 13.0 Å². The number of nitrogens with zero attached hydrogens (tertiary/aromatic N) is 3. The number of nitrogens with one attached hydrogen (secondary N) is 1. The van der Waals surface area contributed by atoms with Crippen LogP contribution in [0.2, 0.25) is 0 Å². The van der Waals surface area contributed by atoms with Gasteiger partial charge in [0.05, 0.1) is 6.54 Å². The highest BCUT2D eigenvalue weighted by Gasteiger charge is 2.24. The van der Waals surface area contributed by atoms with E-state index in [9.17, 15) is 0 Å². The Bertz CT molecular complexity index is 924. The molecule has 4 rings (SSSR count). The van der Waals surface area contributed by atoms with Crippen molar-refractivity contribution in [2.24, 2.45) is 0 Å². The monoisotopic (exact) mass is 364 g/mol. The van der Waals surface area contributed by atoms with Gasteiger partial charge in [0.25, 0.3) is 0 Å². The predicted octanol–water partition coefficient (Wildman–Crippen LogP) is 5.08. The van der Waals surface area contributed by atoms with Crippen LogP contribution in [0.1, 0.15) is 32.8 Å². The van der Waals surface area contributed by atoms with Crippen molar-refractivity contribution in [2.75, 3.05) is 16.8 Å². The van der Waals surface area contributed by atoms with Gasteiger partial charge in [-0.15, -0.1) is 11.3 Å². The predicted molar refractivity (Wildman–Crippen MR) is 110 cm³/mol. The minimum atomic E-state index is 0.689. The maximum Gasteiger partial charge on any atom is 0.229 e. The molecular formula is C21H24N4S. The maximum absolute atomic E-state index is 4.88. The summed E-state index contributed by atoms with van der Waals surface area (Å²) in [6.45, 7) is 10.4. The van der Waals surface area contributed by atoms with E-state index in [2.05, 4.69) is 67.6 Å². The van der Waals surface area contributed by atoms with Crippen molar-refractivity contribution in [1.82, 2.24) is 9.97 Å². The molecule has 0 fully saturated rings. The Hall–Kier alpha value is -2.40. The first-order valence-corrected chi connectivity index (χ1v) is 9.89. The third kappa shape index (κ3) is 3.19. The molecule has 3 heterocycles. The number of rotatable bonds is 4. The van der Waals surface area contributed by atoms with Crippen molar-refractivity contribution in [3.05, 3.63) is 62.5 Å². The fraction of sp³-hybridized carbons (Fsp3) is 0.333. The van der Waals surface area contributed by atoms with Crippen molar-refractivity contribution in [3.8, 4) is 0 Å². The Balaban J connectivity index is 1.66. The number of thiophene rings is 1. The zero-order valence-electron chi connectivity index (χ0n) is 15.8. The molecule has 1 N–H and O–H groups in total. The van der Waals surface area contributed by atoms with E-state index in [1.54, 1.807) is 11.3 Å². The van der Waals surface area contributed by atoms with E-state index in [0.717, 1.165) is 36.7 Å². The number of anilines is 3. The molecule has 0 amide bonds. The van der Waals surface area contributed by atoms with Gasteiger partial charge in [0.15, 0.2) is 0 Å². The molecule has 3 aromatic rings. The highest BCUT2D eigenvalue weighted by molar-refractivity contribution is 7.09. The molecule has 26 heavy (non-hydrogen) atoms. The quantitative estimate of drug-likeness (QED) is 0.701. The van der Waals surface area contributed by atoms with Crippen LogP contribution in [0, 0.1) is 27.7 Å². The summed E-state index contributed by atoms with van der Waals surface area (Å²) >= 11 is 1.80. The van der Waals surface area contributed by atoms with E-state index in [0.29, 0.717) is 5.95 Å². The van der Waals surface area contributed by atoms with Crippen molar-refractivity contribution < 1.29 is 0 Å². The lowest BCUT2D eigenvalue weighted by Crippen LogP contribution is -2.20. The van der Waals surface area contributed by atoms with Gasteiger partial charge < -0.3 is 10.2 Å². The molecule has 134 valence electrons. The molecule has 0 aliphatic carbocycles. The van der Waals surface area contributed by atoms with Gasteiger partial charge in [-0.25, -0.2) is 4.98 Å². The fourth-order valence-corrected chi connectivity index (χ4v) is 4.50. The molecular weight excluding hydrogens is 340 g/mol. The standard InChI is InChI=1S/C21H24N4S/c1-13-10-14(2)19(15(3)11-13)23-21-22-16(4)18-7-8-25(20(18)24-21)12-17-6-5-9-26-17/h5-6,9-11H,7-8,12H2,1-4H3,(H,22,23,24). The molecule has 0 bridgehead atoms. The summed E-state index contributed by atoms with van der Waals surface area (Å²) in [4.78, 5) is 13.4. The molecule has 1 aliphatic rings. The summed E-state index contributed by atoms with van der Waals surface area (Å²) in [5.74, 6) is 1.77. The number of benzene rings is 1. The molecule has 2 aromatic heterocycles. The van der Waals surface area contributed by atoms with E-state index in [1.165, 1.54) is 27.1 Å². The Morgan fingerprint density at radius 3 is 2.58 bits per heavy atom. The van der Waals surface area contributed by atoms with Gasteiger partial charge >= 0.3 is 0 Å². The van der Waals surface area contributed by atoms with Gasteiger partial charge in [0, 0.05) is 28.4 Å². The van der Waals surface area contributed by atoms with Crippen molar-refractivity contribution in [1.29, 1.82) is 0 Å². The smallest absolute Gasteiger partial charge is 0.229 e. The zero-order chi connectivity index (χ0) is 18.3. The number of aromatic nitrogens is 2. The summed E-state index contributed by atoms with van der Waals surface area (Å²) in [6.07, 6.45) is 1.02. The minimum Gasteiger partial charge on any atom is -0.351 e. The van der Waals surface area contributed by atoms with Crippen LogP contribution in [0.4, 0.5) is 17.5 Å². The van der Waals surface area contributed by atoms with Gasteiger partial charge in [-0.1, -0.05) is 23.8 Å². The van der Waals surface area contributed by atoms with Crippen molar-refractivity contribution >= 4 is 28.8 Å². The van der Waals surface area contributed by atoms with Gasteiger partial charge in [-0.2, -0.15) is 4.98 Å². The lowest BCUT2D eigenvalue weighted by atomic mass is 10.1. The average molecular weight is 365 g/mol. The second-order valence-electron chi connectivity index (χ2n) is 7.08. The second kappa shape index (κ2) is 6.72. The third-order valence-corrected chi connectivity index (χ3v) is 5.83. The summed E-state index contributed by atoms with van der Waals surface area (Å²) in [7, 11) is 0. The molecule has 4 nitrogen and oxygen atoms in total. The van der Waals surface area contributed by atoms with E-state index in [-0.39, 0.29) is 0 Å². The Kier molecular flexibility index (Phi) is 4.41. The second-order valence-corrected chi connectivity index (χ2v) is 8.12. The molecule has 0 unspecified atom stereocenters. The first-order valence-electron chi connectivity index (χ1n) is 9.01. The van der Waals surface area contributed by atoms with Crippen LogP contribution in [0.15, 0.2) is 29.6 Å². The summed E-state index contributed by atoms with van der Waals surface area (Å²) in [5, 5.41) is 5.60. The molecule has 1 aromatic carbocycles. The fourth-order valence-electron chi connectivity index (χ4n) is 3.78. The van der Waals surface area contributed by atoms with E-state index < -0.39 is 0 Å². The Labute approximate surface area is 158 Å². The molecule has 0 radical (unpaired) electrons. The topological polar surface area (TPSA) is 41.1 Å². The highest BCUT2D eigenvalue weighted by Crippen LogP contribution is 2.32. The van der Waals surface area contributed by atoms with Crippen LogP contribution in [0.25, 0.3) is 0 Å². The maximum atomic E-state index is 4.88. The first-order chi connectivity index (χ1) is 12.5. The Morgan fingerprint density at radius 1 is 1.12 bits per heavy atom. The largest absolute Gasteiger partial charge is 0.351 e. The lowest BCUT2D eigenvalue weighted by Gasteiger charge is -2.19. The SMILES string of the molecule is Cc1cc(C)c(Nc2nc(C)c3c(n2)N(Cc2cccs2)CC3)c(C)c1. The van der Waals surface area contributed by atoms with Gasteiger partial charge in [0.2, 0.25) is 5.95 Å². The molecule has 0 saturated heterocycles. The van der Waals surface area contributed by atoms with Gasteiger partial charge in [-0.05, 0) is 56.7 Å². The molecule has 0 saturated carbocycles. The number of hydrogen-bond donors (Lipinski definition) is 1. The lowest BCUT2D eigenvalue weighted by molar-refractivity contribution is 0.835. The number of hydrogen-bond acceptors (Lipinski definition) is 5. The van der Waals surface area contributed by atoms with Crippen LogP contribution < -0.4 is 10.2 Å². The van der Waals surface area contributed by atoms with Crippen LogP contribution >= 0.6 is 11.3 Å². The van der Waals surface area contributed by atoms with Crippen LogP contribution in [-0.4, -0.2) is 16.5 Å². The van der Waals surface area contributed by atoms with Crippen molar-refractivity contribution in [2.45, 2.75) is 40.7 Å². The average Bonchev–Trinajstić information content (AvgIpc) is 3.22. The normalized spacial score (nSPS) is 13.2. The van der Waals surface area contributed by atoms with Crippen molar-refractivity contribution in [3.63, 3.8) is 0 Å². The molecule has 5 heteroatoms. The van der Waals surface area contributed by atoms with Gasteiger partial charge in [0.1, 0.15) is 5.82 Å². The summed E-state index contributed by atoms with van der Waals surface area (Å²) in [6, 6.07) is 8.68. The third-order valence-electron chi connectivity index (χ3n) is 4.96. The molecule has 0 atom stereocenters. The minimum absolute atomic E-state index is 0.689. The zero-order valence-corrected chi connectivity index (χ0v) is 16.6. The van der Waals surface area contributed by atoms with Crippen LogP contribution in [0.5, 0.6) is 0 Å². The highest BCUT2D eigenvalue weighted by atomic mass is 32.1.